The Morgan fingerprint density at radius 3 is 2.20 bits per heavy atom. The summed E-state index contributed by atoms with van der Waals surface area (Å²) in [5, 5.41) is 14.8. The largest absolute Gasteiger partial charge is 0.497 e. The van der Waals surface area contributed by atoms with Crippen LogP contribution in [0.5, 0.6) is 17.2 Å². The number of ether oxygens (including phenoxy) is 3. The second-order valence-corrected chi connectivity index (χ2v) is 10.2. The van der Waals surface area contributed by atoms with Crippen molar-refractivity contribution in [1.82, 2.24) is 0 Å². The molecule has 1 saturated carbocycles. The Labute approximate surface area is 207 Å². The molecular formula is C28H38FNO5. The summed E-state index contributed by atoms with van der Waals surface area (Å²) in [6.07, 6.45) is 5.76. The number of carbonyl (C=O) groups excluding carboxylic acids is 1. The van der Waals surface area contributed by atoms with Gasteiger partial charge in [0.1, 0.15) is 28.7 Å². The van der Waals surface area contributed by atoms with E-state index in [1.54, 1.807) is 24.3 Å². The van der Waals surface area contributed by atoms with Gasteiger partial charge in [0, 0.05) is 29.4 Å². The fourth-order valence-corrected chi connectivity index (χ4v) is 5.28. The van der Waals surface area contributed by atoms with Crippen molar-refractivity contribution in [3.05, 3.63) is 47.8 Å². The topological polar surface area (TPSA) is 77.0 Å². The number of amides is 1. The highest BCUT2D eigenvalue weighted by atomic mass is 19.1. The molecule has 0 spiro atoms. The smallest absolute Gasteiger partial charge is 0.256 e. The molecule has 0 heterocycles. The molecule has 7 heteroatoms. The van der Waals surface area contributed by atoms with Gasteiger partial charge in [0.2, 0.25) is 0 Å². The molecule has 0 radical (unpaired) electrons. The first-order valence-electron chi connectivity index (χ1n) is 12.2. The van der Waals surface area contributed by atoms with Gasteiger partial charge in [-0.15, -0.1) is 0 Å². The fourth-order valence-electron chi connectivity index (χ4n) is 5.28. The quantitative estimate of drug-likeness (QED) is 0.439. The molecule has 1 amide bonds. The second-order valence-electron chi connectivity index (χ2n) is 10.2. The molecule has 192 valence electrons. The van der Waals surface area contributed by atoms with E-state index < -0.39 is 22.7 Å². The minimum Gasteiger partial charge on any atom is -0.497 e. The molecule has 1 unspecified atom stereocenters. The molecule has 1 atom stereocenters. The average molecular weight is 488 g/mol. The van der Waals surface area contributed by atoms with Crippen LogP contribution in [-0.4, -0.2) is 37.9 Å². The van der Waals surface area contributed by atoms with Crippen LogP contribution in [0.15, 0.2) is 36.4 Å². The molecule has 3 rings (SSSR count). The molecule has 0 bridgehead atoms. The SMILES string of the molecule is COc1cc(NC(=O)C(O)(CC2CCCCC2)CC(C)(C)c2cc(F)ccc2OC)cc(OC)c1. The summed E-state index contributed by atoms with van der Waals surface area (Å²) in [5.74, 6) is 0.930. The molecule has 6 nitrogen and oxygen atoms in total. The van der Waals surface area contributed by atoms with Gasteiger partial charge in [-0.05, 0) is 42.4 Å². The number of carbonyl (C=O) groups is 1. The maximum atomic E-state index is 14.2. The van der Waals surface area contributed by atoms with E-state index in [0.29, 0.717) is 34.9 Å². The van der Waals surface area contributed by atoms with Gasteiger partial charge in [-0.2, -0.15) is 0 Å². The maximum Gasteiger partial charge on any atom is 0.256 e. The maximum absolute atomic E-state index is 14.2. The molecule has 2 aromatic rings. The number of hydrogen-bond acceptors (Lipinski definition) is 5. The highest BCUT2D eigenvalue weighted by Gasteiger charge is 2.44. The molecule has 1 aliphatic rings. The van der Waals surface area contributed by atoms with Crippen LogP contribution in [-0.2, 0) is 10.2 Å². The third kappa shape index (κ3) is 6.66. The summed E-state index contributed by atoms with van der Waals surface area (Å²) in [6.45, 7) is 3.80. The van der Waals surface area contributed by atoms with Crippen LogP contribution in [0.2, 0.25) is 0 Å². The lowest BCUT2D eigenvalue weighted by Crippen LogP contribution is -2.48. The van der Waals surface area contributed by atoms with Crippen molar-refractivity contribution in [1.29, 1.82) is 0 Å². The Morgan fingerprint density at radius 1 is 1.00 bits per heavy atom. The minimum atomic E-state index is -1.68. The normalized spacial score (nSPS) is 16.3. The van der Waals surface area contributed by atoms with Gasteiger partial charge >= 0.3 is 0 Å². The van der Waals surface area contributed by atoms with Gasteiger partial charge in [0.25, 0.3) is 5.91 Å². The zero-order chi connectivity index (χ0) is 25.6. The van der Waals surface area contributed by atoms with Crippen LogP contribution >= 0.6 is 0 Å². The Hall–Kier alpha value is -2.80. The number of methoxy groups -OCH3 is 3. The Bertz CT molecular complexity index is 996. The molecule has 1 fully saturated rings. The van der Waals surface area contributed by atoms with E-state index in [2.05, 4.69) is 5.32 Å². The van der Waals surface area contributed by atoms with E-state index >= 15 is 0 Å². The highest BCUT2D eigenvalue weighted by molar-refractivity contribution is 5.97. The van der Waals surface area contributed by atoms with E-state index in [1.807, 2.05) is 13.8 Å². The summed E-state index contributed by atoms with van der Waals surface area (Å²) < 4.78 is 30.3. The van der Waals surface area contributed by atoms with E-state index in [4.69, 9.17) is 14.2 Å². The number of nitrogens with one attached hydrogen (secondary N) is 1. The van der Waals surface area contributed by atoms with Crippen LogP contribution in [0.1, 0.15) is 64.4 Å². The first-order valence-corrected chi connectivity index (χ1v) is 12.2. The lowest BCUT2D eigenvalue weighted by atomic mass is 9.70. The number of rotatable bonds is 10. The summed E-state index contributed by atoms with van der Waals surface area (Å²) in [6, 6.07) is 9.42. The van der Waals surface area contributed by atoms with Crippen LogP contribution in [0.3, 0.4) is 0 Å². The monoisotopic (exact) mass is 487 g/mol. The third-order valence-electron chi connectivity index (χ3n) is 7.01. The number of benzene rings is 2. The lowest BCUT2D eigenvalue weighted by Gasteiger charge is -2.39. The lowest BCUT2D eigenvalue weighted by molar-refractivity contribution is -0.138. The van der Waals surface area contributed by atoms with E-state index in [1.165, 1.54) is 39.9 Å². The Kier molecular flexibility index (Phi) is 8.65. The van der Waals surface area contributed by atoms with E-state index in [0.717, 1.165) is 25.7 Å². The molecule has 0 aliphatic heterocycles. The summed E-state index contributed by atoms with van der Waals surface area (Å²) in [4.78, 5) is 13.7. The van der Waals surface area contributed by atoms with Gasteiger partial charge in [-0.3, -0.25) is 4.79 Å². The molecule has 0 aromatic heterocycles. The number of halogens is 1. The highest BCUT2D eigenvalue weighted by Crippen LogP contribution is 2.42. The second kappa shape index (κ2) is 11.3. The number of hydrogen-bond donors (Lipinski definition) is 2. The molecular weight excluding hydrogens is 449 g/mol. The van der Waals surface area contributed by atoms with Crippen molar-refractivity contribution >= 4 is 11.6 Å². The number of aliphatic hydroxyl groups is 1. The van der Waals surface area contributed by atoms with Crippen molar-refractivity contribution < 1.29 is 28.5 Å². The molecule has 35 heavy (non-hydrogen) atoms. The van der Waals surface area contributed by atoms with Gasteiger partial charge in [0.15, 0.2) is 0 Å². The zero-order valence-corrected chi connectivity index (χ0v) is 21.4. The Balaban J connectivity index is 1.95. The fraction of sp³-hybridized carbons (Fsp3) is 0.536. The predicted octanol–water partition coefficient (Wildman–Crippen LogP) is 5.86. The van der Waals surface area contributed by atoms with Crippen molar-refractivity contribution in [2.24, 2.45) is 5.92 Å². The predicted molar refractivity (Wildman–Crippen MR) is 135 cm³/mol. The van der Waals surface area contributed by atoms with Crippen LogP contribution in [0.4, 0.5) is 10.1 Å². The summed E-state index contributed by atoms with van der Waals surface area (Å²) in [7, 11) is 4.60. The standard InChI is InChI=1S/C28H38FNO5/c1-27(2,24-13-20(29)11-12-25(24)35-5)18-28(32,17-19-9-7-6-8-10-19)26(31)30-21-14-22(33-3)16-23(15-21)34-4/h11-16,19,32H,6-10,17-18H2,1-5H3,(H,30,31). The molecule has 1 aliphatic carbocycles. The van der Waals surface area contributed by atoms with Gasteiger partial charge < -0.3 is 24.6 Å². The van der Waals surface area contributed by atoms with Crippen molar-refractivity contribution in [3.8, 4) is 17.2 Å². The summed E-state index contributed by atoms with van der Waals surface area (Å²) in [5.41, 5.74) is -1.35. The van der Waals surface area contributed by atoms with Crippen molar-refractivity contribution in [2.75, 3.05) is 26.6 Å². The van der Waals surface area contributed by atoms with Crippen LogP contribution < -0.4 is 19.5 Å². The van der Waals surface area contributed by atoms with Crippen molar-refractivity contribution in [2.45, 2.75) is 69.8 Å². The van der Waals surface area contributed by atoms with Crippen LogP contribution in [0, 0.1) is 11.7 Å². The van der Waals surface area contributed by atoms with Gasteiger partial charge in [-0.25, -0.2) is 4.39 Å². The van der Waals surface area contributed by atoms with E-state index in [-0.39, 0.29) is 12.3 Å². The molecule has 2 N–H and O–H groups in total. The zero-order valence-electron chi connectivity index (χ0n) is 21.4. The first-order chi connectivity index (χ1) is 16.6. The minimum absolute atomic E-state index is 0.100. The third-order valence-corrected chi connectivity index (χ3v) is 7.01. The Morgan fingerprint density at radius 2 is 1.63 bits per heavy atom. The number of anilines is 1. The van der Waals surface area contributed by atoms with Gasteiger partial charge in [0.05, 0.1) is 21.3 Å². The van der Waals surface area contributed by atoms with E-state index in [9.17, 15) is 14.3 Å². The molecule has 0 saturated heterocycles. The van der Waals surface area contributed by atoms with Crippen molar-refractivity contribution in [3.63, 3.8) is 0 Å². The first kappa shape index (κ1) is 26.8. The van der Waals surface area contributed by atoms with Crippen LogP contribution in [0.25, 0.3) is 0 Å². The van der Waals surface area contributed by atoms with Gasteiger partial charge in [-0.1, -0.05) is 46.0 Å². The average Bonchev–Trinajstić information content (AvgIpc) is 2.83. The summed E-state index contributed by atoms with van der Waals surface area (Å²) >= 11 is 0. The molecule has 2 aromatic carbocycles.